The maximum absolute atomic E-state index is 5.04. The minimum atomic E-state index is 0.524. The lowest BCUT2D eigenvalue weighted by molar-refractivity contribution is 0.584. The summed E-state index contributed by atoms with van der Waals surface area (Å²) in [6.07, 6.45) is 5.04. The minimum absolute atomic E-state index is 0.524. The van der Waals surface area contributed by atoms with E-state index in [1.165, 1.54) is 41.5 Å². The Morgan fingerprint density at radius 3 is 2.71 bits per heavy atom. The number of nitrogens with zero attached hydrogens (tertiary/aromatic N) is 2. The Morgan fingerprint density at radius 1 is 1.33 bits per heavy atom. The summed E-state index contributed by atoms with van der Waals surface area (Å²) >= 11 is 1.91. The predicted octanol–water partition coefficient (Wildman–Crippen LogP) is 4.53. The molecule has 1 aromatic heterocycles. The molecule has 1 fully saturated rings. The molecule has 4 heteroatoms. The highest BCUT2D eigenvalue weighted by Gasteiger charge is 2.27. The highest BCUT2D eigenvalue weighted by atomic mass is 32.1. The zero-order valence-electron chi connectivity index (χ0n) is 14.3. The van der Waals surface area contributed by atoms with Crippen LogP contribution in [0.5, 0.6) is 0 Å². The van der Waals surface area contributed by atoms with Crippen LogP contribution in [-0.2, 0) is 6.54 Å². The van der Waals surface area contributed by atoms with E-state index in [2.05, 4.69) is 44.8 Å². The fourth-order valence-corrected chi connectivity index (χ4v) is 4.22. The van der Waals surface area contributed by atoms with Gasteiger partial charge < -0.3 is 10.2 Å². The van der Waals surface area contributed by atoms with Gasteiger partial charge in [-0.1, -0.05) is 34.6 Å². The fourth-order valence-electron chi connectivity index (χ4n) is 2.99. The van der Waals surface area contributed by atoms with Crippen molar-refractivity contribution < 1.29 is 0 Å². The van der Waals surface area contributed by atoms with Gasteiger partial charge in [0.05, 0.1) is 5.69 Å². The molecule has 2 unspecified atom stereocenters. The van der Waals surface area contributed by atoms with Crippen molar-refractivity contribution in [1.82, 2.24) is 10.3 Å². The first-order valence-electron chi connectivity index (χ1n) is 8.56. The van der Waals surface area contributed by atoms with Crippen molar-refractivity contribution in [2.45, 2.75) is 84.8 Å². The van der Waals surface area contributed by atoms with E-state index in [-0.39, 0.29) is 0 Å². The highest BCUT2D eigenvalue weighted by molar-refractivity contribution is 7.15. The SMILES string of the molecule is CCC(C)c1nc(N2CCCC2CC)sc1CNC(C)C. The molecule has 0 amide bonds. The van der Waals surface area contributed by atoms with Crippen molar-refractivity contribution in [3.63, 3.8) is 0 Å². The molecule has 1 aliphatic rings. The number of aromatic nitrogens is 1. The molecule has 2 atom stereocenters. The van der Waals surface area contributed by atoms with Gasteiger partial charge in [0.2, 0.25) is 0 Å². The number of nitrogens with one attached hydrogen (secondary N) is 1. The molecule has 1 N–H and O–H groups in total. The molecule has 0 bridgehead atoms. The van der Waals surface area contributed by atoms with Crippen LogP contribution in [0.1, 0.15) is 76.8 Å². The van der Waals surface area contributed by atoms with Crippen LogP contribution in [0.25, 0.3) is 0 Å². The zero-order valence-corrected chi connectivity index (χ0v) is 15.1. The summed E-state index contributed by atoms with van der Waals surface area (Å²) in [7, 11) is 0. The Labute approximate surface area is 134 Å². The highest BCUT2D eigenvalue weighted by Crippen LogP contribution is 2.36. The van der Waals surface area contributed by atoms with Crippen LogP contribution in [0, 0.1) is 0 Å². The monoisotopic (exact) mass is 309 g/mol. The van der Waals surface area contributed by atoms with Crippen LogP contribution in [-0.4, -0.2) is 23.6 Å². The topological polar surface area (TPSA) is 28.2 Å². The average molecular weight is 310 g/mol. The van der Waals surface area contributed by atoms with Gasteiger partial charge in [-0.3, -0.25) is 0 Å². The third kappa shape index (κ3) is 3.98. The van der Waals surface area contributed by atoms with Crippen molar-refractivity contribution in [3.05, 3.63) is 10.6 Å². The second-order valence-corrected chi connectivity index (χ2v) is 7.61. The molecule has 0 aliphatic carbocycles. The van der Waals surface area contributed by atoms with Gasteiger partial charge in [0.1, 0.15) is 0 Å². The summed E-state index contributed by atoms with van der Waals surface area (Å²) in [6.45, 7) is 13.4. The molecule has 120 valence electrons. The lowest BCUT2D eigenvalue weighted by Crippen LogP contribution is -2.28. The maximum Gasteiger partial charge on any atom is 0.186 e. The summed E-state index contributed by atoms with van der Waals surface area (Å²) in [4.78, 5) is 9.03. The van der Waals surface area contributed by atoms with Gasteiger partial charge in [0.15, 0.2) is 5.13 Å². The van der Waals surface area contributed by atoms with Crippen LogP contribution < -0.4 is 10.2 Å². The van der Waals surface area contributed by atoms with E-state index in [1.807, 2.05) is 11.3 Å². The maximum atomic E-state index is 5.04. The second-order valence-electron chi connectivity index (χ2n) is 6.55. The number of anilines is 1. The molecule has 1 saturated heterocycles. The Balaban J connectivity index is 2.22. The molecule has 0 spiro atoms. The van der Waals surface area contributed by atoms with E-state index in [1.54, 1.807) is 0 Å². The summed E-state index contributed by atoms with van der Waals surface area (Å²) < 4.78 is 0. The van der Waals surface area contributed by atoms with E-state index in [0.717, 1.165) is 13.0 Å². The summed E-state index contributed by atoms with van der Waals surface area (Å²) in [5.41, 5.74) is 1.33. The molecular formula is C17H31N3S. The Hall–Kier alpha value is -0.610. The lowest BCUT2D eigenvalue weighted by Gasteiger charge is -2.22. The Bertz CT molecular complexity index is 441. The van der Waals surface area contributed by atoms with Crippen molar-refractivity contribution in [3.8, 4) is 0 Å². The largest absolute Gasteiger partial charge is 0.345 e. The minimum Gasteiger partial charge on any atom is -0.345 e. The first-order valence-corrected chi connectivity index (χ1v) is 9.38. The number of hydrogen-bond acceptors (Lipinski definition) is 4. The van der Waals surface area contributed by atoms with Gasteiger partial charge in [-0.15, -0.1) is 11.3 Å². The van der Waals surface area contributed by atoms with E-state index >= 15 is 0 Å². The molecule has 1 aliphatic heterocycles. The van der Waals surface area contributed by atoms with Crippen molar-refractivity contribution in [1.29, 1.82) is 0 Å². The van der Waals surface area contributed by atoms with Gasteiger partial charge in [-0.2, -0.15) is 0 Å². The van der Waals surface area contributed by atoms with E-state index < -0.39 is 0 Å². The number of rotatable bonds is 7. The molecule has 0 saturated carbocycles. The first kappa shape index (κ1) is 16.8. The molecular weight excluding hydrogens is 278 g/mol. The smallest absolute Gasteiger partial charge is 0.186 e. The number of thiazole rings is 1. The van der Waals surface area contributed by atoms with Gasteiger partial charge in [-0.05, 0) is 31.6 Å². The standard InChI is InChI=1S/C17H31N3S/c1-6-13(5)16-15(11-18-12(3)4)21-17(19-16)20-10-8-9-14(20)7-2/h12-14,18H,6-11H2,1-5H3. The normalized spacial score (nSPS) is 20.5. The van der Waals surface area contributed by atoms with Gasteiger partial charge in [0, 0.05) is 30.1 Å². The van der Waals surface area contributed by atoms with Gasteiger partial charge in [0.25, 0.3) is 0 Å². The van der Waals surface area contributed by atoms with Crippen LogP contribution in [0.15, 0.2) is 0 Å². The summed E-state index contributed by atoms with van der Waals surface area (Å²) in [5, 5.41) is 4.82. The average Bonchev–Trinajstić information content (AvgIpc) is 3.09. The van der Waals surface area contributed by atoms with Crippen molar-refractivity contribution in [2.24, 2.45) is 0 Å². The fraction of sp³-hybridized carbons (Fsp3) is 0.824. The Morgan fingerprint density at radius 2 is 2.10 bits per heavy atom. The molecule has 2 heterocycles. The van der Waals surface area contributed by atoms with Gasteiger partial charge in [-0.25, -0.2) is 4.98 Å². The third-order valence-electron chi connectivity index (χ3n) is 4.56. The molecule has 1 aromatic rings. The van der Waals surface area contributed by atoms with Crippen molar-refractivity contribution >= 4 is 16.5 Å². The van der Waals surface area contributed by atoms with Crippen LogP contribution in [0.4, 0.5) is 5.13 Å². The van der Waals surface area contributed by atoms with E-state index in [4.69, 9.17) is 4.98 Å². The number of hydrogen-bond donors (Lipinski definition) is 1. The summed E-state index contributed by atoms with van der Waals surface area (Å²) in [5.74, 6) is 0.557. The van der Waals surface area contributed by atoms with Crippen molar-refractivity contribution in [2.75, 3.05) is 11.4 Å². The Kier molecular flexibility index (Phi) is 6.06. The quantitative estimate of drug-likeness (QED) is 0.802. The van der Waals surface area contributed by atoms with Gasteiger partial charge >= 0.3 is 0 Å². The predicted molar refractivity (Wildman–Crippen MR) is 93.5 cm³/mol. The molecule has 0 aromatic carbocycles. The zero-order chi connectivity index (χ0) is 15.4. The first-order chi connectivity index (χ1) is 10.1. The van der Waals surface area contributed by atoms with Crippen LogP contribution in [0.2, 0.25) is 0 Å². The van der Waals surface area contributed by atoms with Crippen LogP contribution >= 0.6 is 11.3 Å². The third-order valence-corrected chi connectivity index (χ3v) is 5.67. The second kappa shape index (κ2) is 7.59. The van der Waals surface area contributed by atoms with E-state index in [0.29, 0.717) is 18.0 Å². The molecule has 3 nitrogen and oxygen atoms in total. The molecule has 2 rings (SSSR count). The molecule has 0 radical (unpaired) electrons. The summed E-state index contributed by atoms with van der Waals surface area (Å²) in [6, 6.07) is 1.22. The molecule has 21 heavy (non-hydrogen) atoms. The lowest BCUT2D eigenvalue weighted by atomic mass is 10.0. The van der Waals surface area contributed by atoms with E-state index in [9.17, 15) is 0 Å². The van der Waals surface area contributed by atoms with Crippen LogP contribution in [0.3, 0.4) is 0 Å².